The maximum Gasteiger partial charge on any atom is 0.272 e. The molecule has 172 valence electrons. The Balaban J connectivity index is 1.58. The molecule has 3 atom stereocenters. The molecule has 0 bridgehead atoms. The number of aliphatic imine (C=N–C) groups is 1. The lowest BCUT2D eigenvalue weighted by Crippen LogP contribution is -2.34. The summed E-state index contributed by atoms with van der Waals surface area (Å²) in [5.41, 5.74) is 4.60. The Bertz CT molecular complexity index is 1150. The molecule has 6 nitrogen and oxygen atoms in total. The van der Waals surface area contributed by atoms with Crippen molar-refractivity contribution in [1.29, 1.82) is 0 Å². The molecule has 0 amide bonds. The van der Waals surface area contributed by atoms with Crippen LogP contribution >= 0.6 is 0 Å². The summed E-state index contributed by atoms with van der Waals surface area (Å²) in [6, 6.07) is 11.7. The summed E-state index contributed by atoms with van der Waals surface area (Å²) in [6.07, 6.45) is 4.40. The number of methoxy groups -OCH3 is 1. The number of halogens is 2. The van der Waals surface area contributed by atoms with Gasteiger partial charge in [-0.15, -0.1) is 0 Å². The SMILES string of the molecule is COc1cc2c(cc1OCC(F)F)C1CC(O)CCC1N=C2c1ccc(-n2ccnc2)cc1. The highest BCUT2D eigenvalue weighted by atomic mass is 19.3. The van der Waals surface area contributed by atoms with Crippen LogP contribution in [-0.2, 0) is 0 Å². The number of ether oxygens (including phenoxy) is 2. The number of nitrogens with zero attached hydrogens (tertiary/aromatic N) is 3. The van der Waals surface area contributed by atoms with E-state index in [2.05, 4.69) is 4.98 Å². The molecular formula is C25H25F2N3O3. The zero-order valence-electron chi connectivity index (χ0n) is 18.2. The number of rotatable bonds is 6. The predicted molar refractivity (Wildman–Crippen MR) is 120 cm³/mol. The Kier molecular flexibility index (Phi) is 5.85. The van der Waals surface area contributed by atoms with Crippen LogP contribution in [0.5, 0.6) is 11.5 Å². The van der Waals surface area contributed by atoms with Crippen molar-refractivity contribution in [1.82, 2.24) is 9.55 Å². The normalized spacial score (nSPS) is 21.8. The molecule has 1 aromatic heterocycles. The van der Waals surface area contributed by atoms with Crippen LogP contribution in [0, 0.1) is 0 Å². The fourth-order valence-corrected chi connectivity index (χ4v) is 4.80. The fraction of sp³-hybridized carbons (Fsp3) is 0.360. The van der Waals surface area contributed by atoms with Gasteiger partial charge in [-0.3, -0.25) is 4.99 Å². The van der Waals surface area contributed by atoms with E-state index in [4.69, 9.17) is 14.5 Å². The van der Waals surface area contributed by atoms with Crippen molar-refractivity contribution in [3.63, 3.8) is 0 Å². The van der Waals surface area contributed by atoms with E-state index in [0.717, 1.165) is 34.5 Å². The highest BCUT2D eigenvalue weighted by molar-refractivity contribution is 6.15. The van der Waals surface area contributed by atoms with Crippen molar-refractivity contribution >= 4 is 5.71 Å². The van der Waals surface area contributed by atoms with Crippen LogP contribution in [0.2, 0.25) is 0 Å². The van der Waals surface area contributed by atoms with Gasteiger partial charge in [0.2, 0.25) is 0 Å². The van der Waals surface area contributed by atoms with Gasteiger partial charge < -0.3 is 19.1 Å². The Morgan fingerprint density at radius 2 is 1.97 bits per heavy atom. The Labute approximate surface area is 190 Å². The second-order valence-electron chi connectivity index (χ2n) is 8.43. The van der Waals surface area contributed by atoms with Gasteiger partial charge in [-0.05, 0) is 49.1 Å². The molecule has 33 heavy (non-hydrogen) atoms. The molecule has 8 heteroatoms. The van der Waals surface area contributed by atoms with Gasteiger partial charge in [0.25, 0.3) is 6.43 Å². The van der Waals surface area contributed by atoms with E-state index in [0.29, 0.717) is 18.6 Å². The smallest absolute Gasteiger partial charge is 0.272 e. The lowest BCUT2D eigenvalue weighted by Gasteiger charge is -2.37. The fourth-order valence-electron chi connectivity index (χ4n) is 4.80. The molecule has 0 saturated heterocycles. The topological polar surface area (TPSA) is 68.9 Å². The molecule has 2 heterocycles. The Morgan fingerprint density at radius 3 is 2.67 bits per heavy atom. The van der Waals surface area contributed by atoms with E-state index in [9.17, 15) is 13.9 Å². The van der Waals surface area contributed by atoms with Crippen molar-refractivity contribution in [3.05, 3.63) is 71.8 Å². The van der Waals surface area contributed by atoms with Gasteiger partial charge in [0.1, 0.15) is 6.61 Å². The molecule has 1 N–H and O–H groups in total. The van der Waals surface area contributed by atoms with Gasteiger partial charge in [0.15, 0.2) is 11.5 Å². The summed E-state index contributed by atoms with van der Waals surface area (Å²) in [5, 5.41) is 10.3. The molecule has 1 saturated carbocycles. The maximum absolute atomic E-state index is 12.8. The van der Waals surface area contributed by atoms with Crippen molar-refractivity contribution in [2.45, 2.75) is 43.8 Å². The van der Waals surface area contributed by atoms with Crippen LogP contribution in [-0.4, -0.2) is 52.7 Å². The van der Waals surface area contributed by atoms with Gasteiger partial charge in [-0.1, -0.05) is 12.1 Å². The van der Waals surface area contributed by atoms with Crippen molar-refractivity contribution in [2.75, 3.05) is 13.7 Å². The second-order valence-corrected chi connectivity index (χ2v) is 8.43. The number of benzene rings is 2. The van der Waals surface area contributed by atoms with Crippen molar-refractivity contribution in [3.8, 4) is 17.2 Å². The number of aliphatic hydroxyl groups excluding tert-OH is 1. The van der Waals surface area contributed by atoms with Gasteiger partial charge in [0, 0.05) is 35.1 Å². The number of alkyl halides is 2. The summed E-state index contributed by atoms with van der Waals surface area (Å²) >= 11 is 0. The van der Waals surface area contributed by atoms with E-state index in [-0.39, 0.29) is 17.7 Å². The third kappa shape index (κ3) is 4.23. The number of hydrogen-bond donors (Lipinski definition) is 1. The van der Waals surface area contributed by atoms with Gasteiger partial charge in [-0.2, -0.15) is 0 Å². The summed E-state index contributed by atoms with van der Waals surface area (Å²) in [7, 11) is 1.49. The maximum atomic E-state index is 12.8. The number of aromatic nitrogens is 2. The first-order valence-corrected chi connectivity index (χ1v) is 11.0. The number of hydrogen-bond acceptors (Lipinski definition) is 5. The molecule has 5 rings (SSSR count). The number of imidazole rings is 1. The second kappa shape index (κ2) is 8.94. The number of fused-ring (bicyclic) bond motifs is 3. The third-order valence-corrected chi connectivity index (χ3v) is 6.38. The van der Waals surface area contributed by atoms with E-state index in [1.165, 1.54) is 7.11 Å². The average Bonchev–Trinajstić information content (AvgIpc) is 3.37. The molecular weight excluding hydrogens is 428 g/mol. The minimum Gasteiger partial charge on any atom is -0.493 e. The molecule has 2 aliphatic rings. The number of aliphatic hydroxyl groups is 1. The van der Waals surface area contributed by atoms with Crippen molar-refractivity contribution in [2.24, 2.45) is 4.99 Å². The highest BCUT2D eigenvalue weighted by Gasteiger charge is 2.37. The van der Waals surface area contributed by atoms with Crippen LogP contribution in [0.1, 0.15) is 41.9 Å². The van der Waals surface area contributed by atoms with Crippen molar-refractivity contribution < 1.29 is 23.4 Å². The van der Waals surface area contributed by atoms with E-state index < -0.39 is 19.1 Å². The zero-order chi connectivity index (χ0) is 22.9. The van der Waals surface area contributed by atoms with E-state index >= 15 is 0 Å². The highest BCUT2D eigenvalue weighted by Crippen LogP contribution is 2.45. The summed E-state index contributed by atoms with van der Waals surface area (Å²) < 4.78 is 38.4. The predicted octanol–water partition coefficient (Wildman–Crippen LogP) is 4.37. The van der Waals surface area contributed by atoms with Crippen LogP contribution in [0.15, 0.2) is 60.1 Å². The largest absolute Gasteiger partial charge is 0.493 e. The average molecular weight is 453 g/mol. The quantitative estimate of drug-likeness (QED) is 0.602. The molecule has 3 unspecified atom stereocenters. The van der Waals surface area contributed by atoms with Gasteiger partial charge in [-0.25, -0.2) is 13.8 Å². The van der Waals surface area contributed by atoms with Crippen LogP contribution < -0.4 is 9.47 Å². The Morgan fingerprint density at radius 1 is 1.15 bits per heavy atom. The van der Waals surface area contributed by atoms with E-state index in [1.807, 2.05) is 41.1 Å². The standard InChI is InChI=1S/C25H25F2N3O3/c1-32-22-12-20-18(11-23(22)33-13-24(26)27)19-10-17(31)6-7-21(19)29-25(20)15-2-4-16(5-3-15)30-9-8-28-14-30/h2-5,8-9,11-12,14,17,19,21,24,31H,6-7,10,13H2,1H3. The summed E-state index contributed by atoms with van der Waals surface area (Å²) in [4.78, 5) is 9.18. The lowest BCUT2D eigenvalue weighted by atomic mass is 9.74. The molecule has 0 spiro atoms. The first-order chi connectivity index (χ1) is 16.0. The molecule has 3 aromatic rings. The third-order valence-electron chi connectivity index (χ3n) is 6.38. The minimum atomic E-state index is -2.58. The van der Waals surface area contributed by atoms with Gasteiger partial charge >= 0.3 is 0 Å². The van der Waals surface area contributed by atoms with Crippen LogP contribution in [0.4, 0.5) is 8.78 Å². The summed E-state index contributed by atoms with van der Waals surface area (Å²) in [6.45, 7) is -0.706. The first kappa shape index (κ1) is 21.6. The molecule has 2 aromatic carbocycles. The molecule has 1 aliphatic heterocycles. The van der Waals surface area contributed by atoms with Crippen LogP contribution in [0.25, 0.3) is 5.69 Å². The van der Waals surface area contributed by atoms with Crippen LogP contribution in [0.3, 0.4) is 0 Å². The van der Waals surface area contributed by atoms with Gasteiger partial charge in [0.05, 0.1) is 31.3 Å². The molecule has 1 fully saturated rings. The minimum absolute atomic E-state index is 0.00229. The lowest BCUT2D eigenvalue weighted by molar-refractivity contribution is 0.0802. The first-order valence-electron chi connectivity index (χ1n) is 11.0. The summed E-state index contributed by atoms with van der Waals surface area (Å²) in [5.74, 6) is 0.663. The molecule has 1 aliphatic carbocycles. The van der Waals surface area contributed by atoms with E-state index in [1.54, 1.807) is 18.6 Å². The molecule has 0 radical (unpaired) electrons. The monoisotopic (exact) mass is 453 g/mol. The zero-order valence-corrected chi connectivity index (χ0v) is 18.2. The Hall–Kier alpha value is -3.26.